The Labute approximate surface area is 172 Å². The molecule has 1 N–H and O–H groups in total. The quantitative estimate of drug-likeness (QED) is 0.470. The summed E-state index contributed by atoms with van der Waals surface area (Å²) in [5, 5.41) is 3.52. The third-order valence-electron chi connectivity index (χ3n) is 5.02. The van der Waals surface area contributed by atoms with Gasteiger partial charge in [-0.2, -0.15) is 4.99 Å². The van der Waals surface area contributed by atoms with E-state index in [1.54, 1.807) is 0 Å². The predicted octanol–water partition coefficient (Wildman–Crippen LogP) is 5.64. The summed E-state index contributed by atoms with van der Waals surface area (Å²) in [6.07, 6.45) is 2.35. The maximum atomic E-state index is 5.06. The Bertz CT molecular complexity index is 988. The number of hydrogen-bond acceptors (Lipinski definition) is 1. The number of benzene rings is 3. The number of amidine groups is 1. The molecule has 1 fully saturated rings. The molecule has 1 aliphatic heterocycles. The molecule has 0 bridgehead atoms. The van der Waals surface area contributed by atoms with Gasteiger partial charge in [0.15, 0.2) is 0 Å². The highest BCUT2D eigenvalue weighted by Crippen LogP contribution is 2.18. The first kappa shape index (κ1) is 18.9. The topological polar surface area (TPSA) is 40.0 Å². The van der Waals surface area contributed by atoms with Crippen molar-refractivity contribution in [1.29, 1.82) is 0 Å². The summed E-state index contributed by atoms with van der Waals surface area (Å²) in [7, 11) is 0. The van der Waals surface area contributed by atoms with Crippen molar-refractivity contribution >= 4 is 23.2 Å². The summed E-state index contributed by atoms with van der Waals surface area (Å²) in [6, 6.07) is 28.6. The number of likely N-dealkylation sites (tertiary alicyclic amines) is 1. The second-order valence-electron chi connectivity index (χ2n) is 7.21. The molecule has 0 atom stereocenters. The third kappa shape index (κ3) is 4.91. The van der Waals surface area contributed by atoms with Crippen molar-refractivity contribution in [3.63, 3.8) is 0 Å². The van der Waals surface area contributed by atoms with Crippen LogP contribution < -0.4 is 5.32 Å². The summed E-state index contributed by atoms with van der Waals surface area (Å²) < 4.78 is 0. The first-order valence-electron chi connectivity index (χ1n) is 10.1. The van der Waals surface area contributed by atoms with Gasteiger partial charge < -0.3 is 10.2 Å². The average molecular weight is 383 g/mol. The van der Waals surface area contributed by atoms with E-state index in [-0.39, 0.29) is 0 Å². The van der Waals surface area contributed by atoms with Crippen LogP contribution in [0.15, 0.2) is 94.9 Å². The van der Waals surface area contributed by atoms with E-state index in [0.717, 1.165) is 41.8 Å². The highest BCUT2D eigenvalue weighted by Gasteiger charge is 2.18. The van der Waals surface area contributed by atoms with Gasteiger partial charge in [0.05, 0.1) is 5.69 Å². The molecule has 4 rings (SSSR count). The van der Waals surface area contributed by atoms with Crippen LogP contribution in [0.4, 0.5) is 11.4 Å². The molecular weight excluding hydrogens is 356 g/mol. The van der Waals surface area contributed by atoms with Crippen LogP contribution in [0.5, 0.6) is 0 Å². The normalized spacial score (nSPS) is 14.9. The van der Waals surface area contributed by atoms with Gasteiger partial charge in [-0.05, 0) is 49.6 Å². The molecule has 0 saturated carbocycles. The van der Waals surface area contributed by atoms with Crippen molar-refractivity contribution in [2.45, 2.75) is 19.8 Å². The molecular formula is C25H26N4. The summed E-state index contributed by atoms with van der Waals surface area (Å²) >= 11 is 0. The van der Waals surface area contributed by atoms with E-state index in [1.807, 2.05) is 54.6 Å². The van der Waals surface area contributed by atoms with Crippen LogP contribution in [0.2, 0.25) is 0 Å². The van der Waals surface area contributed by atoms with E-state index in [4.69, 9.17) is 9.98 Å². The Morgan fingerprint density at radius 3 is 2.10 bits per heavy atom. The number of hydrogen-bond donors (Lipinski definition) is 1. The molecule has 0 amide bonds. The Morgan fingerprint density at radius 2 is 1.41 bits per heavy atom. The lowest BCUT2D eigenvalue weighted by molar-refractivity contribution is 0.514. The fourth-order valence-corrected chi connectivity index (χ4v) is 3.45. The first-order valence-corrected chi connectivity index (χ1v) is 10.1. The largest absolute Gasteiger partial charge is 0.341 e. The fraction of sp³-hybridized carbons (Fsp3) is 0.200. The highest BCUT2D eigenvalue weighted by atomic mass is 15.3. The SMILES string of the molecule is Cc1ccccc1/C(=N/C(=Nc1ccccc1)N1CCCC1)Nc1ccccc1. The van der Waals surface area contributed by atoms with Gasteiger partial charge in [0.2, 0.25) is 5.96 Å². The summed E-state index contributed by atoms with van der Waals surface area (Å²) in [5.74, 6) is 1.58. The maximum Gasteiger partial charge on any atom is 0.227 e. The Kier molecular flexibility index (Phi) is 6.01. The van der Waals surface area contributed by atoms with Crippen molar-refractivity contribution in [3.05, 3.63) is 96.1 Å². The predicted molar refractivity (Wildman–Crippen MR) is 122 cm³/mol. The van der Waals surface area contributed by atoms with Crippen LogP contribution in [0.25, 0.3) is 0 Å². The molecule has 0 aliphatic carbocycles. The fourth-order valence-electron chi connectivity index (χ4n) is 3.45. The number of anilines is 1. The Balaban J connectivity index is 1.79. The maximum absolute atomic E-state index is 5.06. The molecule has 1 saturated heterocycles. The van der Waals surface area contributed by atoms with Gasteiger partial charge in [-0.25, -0.2) is 4.99 Å². The molecule has 0 unspecified atom stereocenters. The van der Waals surface area contributed by atoms with Gasteiger partial charge in [-0.3, -0.25) is 0 Å². The molecule has 0 radical (unpaired) electrons. The Hall–Kier alpha value is -3.40. The number of aryl methyl sites for hydroxylation is 1. The smallest absolute Gasteiger partial charge is 0.227 e. The highest BCUT2D eigenvalue weighted by molar-refractivity contribution is 6.14. The zero-order chi connectivity index (χ0) is 19.9. The molecule has 1 aliphatic rings. The van der Waals surface area contributed by atoms with Gasteiger partial charge >= 0.3 is 0 Å². The molecule has 4 nitrogen and oxygen atoms in total. The van der Waals surface area contributed by atoms with Crippen LogP contribution in [-0.4, -0.2) is 29.8 Å². The number of para-hydroxylation sites is 2. The van der Waals surface area contributed by atoms with E-state index in [0.29, 0.717) is 0 Å². The van der Waals surface area contributed by atoms with Crippen LogP contribution in [-0.2, 0) is 0 Å². The number of rotatable bonds is 3. The lowest BCUT2D eigenvalue weighted by Crippen LogP contribution is -2.29. The zero-order valence-electron chi connectivity index (χ0n) is 16.8. The van der Waals surface area contributed by atoms with E-state index in [9.17, 15) is 0 Å². The molecule has 0 aromatic heterocycles. The molecule has 29 heavy (non-hydrogen) atoms. The van der Waals surface area contributed by atoms with E-state index < -0.39 is 0 Å². The summed E-state index contributed by atoms with van der Waals surface area (Å²) in [5.41, 5.74) is 4.18. The number of guanidine groups is 1. The lowest BCUT2D eigenvalue weighted by Gasteiger charge is -2.19. The molecule has 0 spiro atoms. The van der Waals surface area contributed by atoms with E-state index >= 15 is 0 Å². The standard InChI is InChI=1S/C25H26N4/c1-20-12-8-9-17-23(20)24(26-21-13-4-2-5-14-21)28-25(29-18-10-11-19-29)27-22-15-6-3-7-16-22/h2-9,12-17H,10-11,18-19H2,1H3,(H,26,27,28). The lowest BCUT2D eigenvalue weighted by atomic mass is 10.1. The third-order valence-corrected chi connectivity index (χ3v) is 5.02. The zero-order valence-corrected chi connectivity index (χ0v) is 16.8. The second-order valence-corrected chi connectivity index (χ2v) is 7.21. The first-order chi connectivity index (χ1) is 14.3. The van der Waals surface area contributed by atoms with Gasteiger partial charge in [-0.15, -0.1) is 0 Å². The van der Waals surface area contributed by atoms with Crippen molar-refractivity contribution in [1.82, 2.24) is 4.90 Å². The van der Waals surface area contributed by atoms with E-state index in [1.165, 1.54) is 18.4 Å². The minimum absolute atomic E-state index is 0.760. The van der Waals surface area contributed by atoms with Crippen molar-refractivity contribution in [3.8, 4) is 0 Å². The summed E-state index contributed by atoms with van der Waals surface area (Å²) in [4.78, 5) is 12.2. The molecule has 146 valence electrons. The number of nitrogens with one attached hydrogen (secondary N) is 1. The minimum Gasteiger partial charge on any atom is -0.341 e. The van der Waals surface area contributed by atoms with E-state index in [2.05, 4.69) is 47.5 Å². The molecule has 3 aromatic carbocycles. The molecule has 3 aromatic rings. The van der Waals surface area contributed by atoms with Gasteiger partial charge in [-0.1, -0.05) is 60.7 Å². The van der Waals surface area contributed by atoms with Crippen molar-refractivity contribution in [2.75, 3.05) is 18.4 Å². The Morgan fingerprint density at radius 1 is 0.793 bits per heavy atom. The monoisotopic (exact) mass is 382 g/mol. The molecule has 4 heteroatoms. The van der Waals surface area contributed by atoms with Crippen LogP contribution >= 0.6 is 0 Å². The molecule has 1 heterocycles. The van der Waals surface area contributed by atoms with Gasteiger partial charge in [0.25, 0.3) is 0 Å². The minimum atomic E-state index is 0.760. The average Bonchev–Trinajstić information content (AvgIpc) is 3.29. The van der Waals surface area contributed by atoms with Crippen molar-refractivity contribution in [2.24, 2.45) is 9.98 Å². The summed E-state index contributed by atoms with van der Waals surface area (Å²) in [6.45, 7) is 4.09. The van der Waals surface area contributed by atoms with Crippen LogP contribution in [0.1, 0.15) is 24.0 Å². The van der Waals surface area contributed by atoms with Crippen molar-refractivity contribution < 1.29 is 0 Å². The van der Waals surface area contributed by atoms with Crippen LogP contribution in [0.3, 0.4) is 0 Å². The van der Waals surface area contributed by atoms with Gasteiger partial charge in [0, 0.05) is 24.3 Å². The second kappa shape index (κ2) is 9.20. The van der Waals surface area contributed by atoms with Gasteiger partial charge in [0.1, 0.15) is 5.84 Å². The number of aliphatic imine (C=N–C) groups is 2. The van der Waals surface area contributed by atoms with Crippen LogP contribution in [0, 0.1) is 6.92 Å². The number of nitrogens with zero attached hydrogens (tertiary/aromatic N) is 3.